The summed E-state index contributed by atoms with van der Waals surface area (Å²) in [6.07, 6.45) is 15.8. The Labute approximate surface area is 480 Å². The highest BCUT2D eigenvalue weighted by Gasteiger charge is 2.52. The molecule has 5 aliphatic rings. The smallest absolute Gasteiger partial charge is 0.455 e. The third-order valence-electron chi connectivity index (χ3n) is 16.7. The molecule has 0 radical (unpaired) electrons. The average Bonchev–Trinajstić information content (AvgIpc) is 4.32. The number of rotatable bonds is 8. The molecule has 0 N–H and O–H groups in total. The second-order valence-corrected chi connectivity index (χ2v) is 23.8. The van der Waals surface area contributed by atoms with E-state index < -0.39 is 0 Å². The monoisotopic (exact) mass is 1140 g/mol. The minimum atomic E-state index is -0.310. The van der Waals surface area contributed by atoms with Crippen LogP contribution in [0.5, 0.6) is 23.0 Å². The van der Waals surface area contributed by atoms with Crippen LogP contribution in [0.1, 0.15) is 128 Å². The van der Waals surface area contributed by atoms with Crippen molar-refractivity contribution < 1.29 is 28.4 Å². The van der Waals surface area contributed by atoms with Crippen molar-refractivity contribution in [3.05, 3.63) is 124 Å². The zero-order valence-corrected chi connectivity index (χ0v) is 49.5. The van der Waals surface area contributed by atoms with Crippen molar-refractivity contribution in [1.82, 2.24) is 29.4 Å². The number of nitriles is 2. The number of amides is 2. The van der Waals surface area contributed by atoms with Crippen LogP contribution >= 0.6 is 15.9 Å². The minimum Gasteiger partial charge on any atom is -0.455 e. The number of aromatic nitrogens is 4. The lowest BCUT2D eigenvalue weighted by molar-refractivity contribution is -0.117. The van der Waals surface area contributed by atoms with Gasteiger partial charge in [0.2, 0.25) is 11.8 Å². The van der Waals surface area contributed by atoms with Crippen LogP contribution in [-0.4, -0.2) is 112 Å². The van der Waals surface area contributed by atoms with Gasteiger partial charge in [0.1, 0.15) is 35.1 Å². The van der Waals surface area contributed by atoms with E-state index in [2.05, 4.69) is 120 Å². The van der Waals surface area contributed by atoms with Crippen LogP contribution in [0.3, 0.4) is 0 Å². The number of fused-ring (bicyclic) bond motifs is 2. The number of carbonyl (C=O) groups is 2. The van der Waals surface area contributed by atoms with E-state index in [1.807, 2.05) is 70.7 Å². The molecule has 2 amide bonds. The lowest BCUT2D eigenvalue weighted by Gasteiger charge is -2.36. The number of halogens is 1. The summed E-state index contributed by atoms with van der Waals surface area (Å²) >= 11 is 3.54. The molecule has 0 bridgehead atoms. The number of benzene rings is 4. The van der Waals surface area contributed by atoms with Gasteiger partial charge in [0.05, 0.1) is 56.5 Å². The van der Waals surface area contributed by atoms with Crippen LogP contribution < -0.4 is 24.7 Å². The van der Waals surface area contributed by atoms with Gasteiger partial charge in [0.25, 0.3) is 0 Å². The number of piperidine rings is 2. The van der Waals surface area contributed by atoms with Crippen LogP contribution in [0.4, 0.5) is 11.4 Å². The maximum atomic E-state index is 12.5. The van der Waals surface area contributed by atoms with Crippen molar-refractivity contribution in [2.75, 3.05) is 50.1 Å². The third kappa shape index (κ3) is 12.4. The summed E-state index contributed by atoms with van der Waals surface area (Å²) in [5.74, 6) is 2.45. The lowest BCUT2D eigenvalue weighted by Crippen LogP contribution is -2.41. The Morgan fingerprint density at radius 2 is 1.09 bits per heavy atom. The van der Waals surface area contributed by atoms with Gasteiger partial charge in [-0.25, -0.2) is 0 Å². The maximum absolute atomic E-state index is 12.5. The Hall–Kier alpha value is -6.80. The van der Waals surface area contributed by atoms with Gasteiger partial charge in [0.15, 0.2) is 0 Å². The Bertz CT molecular complexity index is 3280. The maximum Gasteiger partial charge on any atom is 0.498 e. The highest BCUT2D eigenvalue weighted by Crippen LogP contribution is 2.47. The van der Waals surface area contributed by atoms with Crippen LogP contribution in [-0.2, 0) is 31.7 Å². The molecule has 2 atom stereocenters. The number of anilines is 2. The van der Waals surface area contributed by atoms with Crippen molar-refractivity contribution in [2.45, 2.75) is 142 Å². The minimum absolute atomic E-state index is 0.0182. The average molecular weight is 1150 g/mol. The second-order valence-electron chi connectivity index (χ2n) is 22.9. The van der Waals surface area contributed by atoms with Gasteiger partial charge in [0, 0.05) is 72.2 Å². The van der Waals surface area contributed by atoms with Gasteiger partial charge in [-0.05, 0) is 198 Å². The van der Waals surface area contributed by atoms with Gasteiger partial charge >= 0.3 is 7.12 Å². The summed E-state index contributed by atoms with van der Waals surface area (Å²) < 4.78 is 29.8. The van der Waals surface area contributed by atoms with E-state index in [4.69, 9.17) is 23.9 Å². The normalized spacial score (nSPS) is 20.0. The molecule has 11 rings (SSSR count). The van der Waals surface area contributed by atoms with E-state index in [1.54, 1.807) is 38.1 Å². The summed E-state index contributed by atoms with van der Waals surface area (Å²) in [5.41, 5.74) is 7.04. The summed E-state index contributed by atoms with van der Waals surface area (Å²) in [4.78, 5) is 33.0. The number of hydrogen-bond donors (Lipinski definition) is 0. The van der Waals surface area contributed by atoms with E-state index >= 15 is 0 Å². The fourth-order valence-corrected chi connectivity index (χ4v) is 11.8. The predicted octanol–water partition coefficient (Wildman–Crippen LogP) is 11.4. The Kier molecular flexibility index (Phi) is 17.7. The molecule has 5 aliphatic heterocycles. The number of ether oxygens (including phenoxy) is 2. The van der Waals surface area contributed by atoms with E-state index in [0.29, 0.717) is 46.2 Å². The molecule has 3 fully saturated rings. The Balaban J connectivity index is 0.000000151. The lowest BCUT2D eigenvalue weighted by atomic mass is 9.82. The summed E-state index contributed by atoms with van der Waals surface area (Å²) in [7, 11) is 4.02. The fourth-order valence-electron chi connectivity index (χ4n) is 11.4. The summed E-state index contributed by atoms with van der Waals surface area (Å²) in [5, 5.41) is 28.2. The molecule has 2 aromatic heterocycles. The van der Waals surface area contributed by atoms with Crippen LogP contribution in [0.25, 0.3) is 11.1 Å². The standard InChI is InChI=1S/C28H31N5O2.C19H17BrN2O2.C15H26BN3O2/c1-19-8-9-25-26(33(19)20(2)34)11-10-24(28(25)35-27-7-5-4-6-21(27)16-29)22-17-30-32(18-22)23-12-14-31(3)15-13-23;1-12-7-8-15-17(22(12)13(2)23)10-9-16(20)19(15)24-18-6-4-3-5-14(18)11-21;1-14(2)15(3,4)21-16(20-14)12-10-17-19(11-12)13-6-8-18(5)9-7-13/h4-7,10-11,17-19,23H,8-9,12-15H2,1-3H3;3-6,9-10,12H,7-8H2,1-2H3;10-11,13H,6-9H2,1-5H3/t19-;12-;/m00./s1. The molecule has 0 unspecified atom stereocenters. The fraction of sp³-hybridized carbons (Fsp3) is 0.452. The first-order valence-electron chi connectivity index (χ1n) is 28.0. The second kappa shape index (κ2) is 24.5. The van der Waals surface area contributed by atoms with Crippen LogP contribution in [0.15, 0.2) is 102 Å². The van der Waals surface area contributed by atoms with Crippen molar-refractivity contribution in [3.63, 3.8) is 0 Å². The van der Waals surface area contributed by atoms with Crippen LogP contribution in [0.2, 0.25) is 0 Å². The first kappa shape index (κ1) is 57.9. The van der Waals surface area contributed by atoms with E-state index in [-0.39, 0.29) is 42.2 Å². The highest BCUT2D eigenvalue weighted by atomic mass is 79.9. The molecule has 3 saturated heterocycles. The predicted molar refractivity (Wildman–Crippen MR) is 316 cm³/mol. The van der Waals surface area contributed by atoms with Gasteiger partial charge < -0.3 is 38.4 Å². The zero-order valence-electron chi connectivity index (χ0n) is 47.9. The van der Waals surface area contributed by atoms with Crippen LogP contribution in [0, 0.1) is 22.7 Å². The molecule has 418 valence electrons. The molecule has 0 spiro atoms. The Morgan fingerprint density at radius 3 is 1.59 bits per heavy atom. The molecule has 0 aliphatic carbocycles. The molecule has 7 heterocycles. The number of carbonyl (C=O) groups excluding carboxylic acids is 2. The molecular formula is C62H74BBrN10O6. The topological polar surface area (TPSA) is 167 Å². The highest BCUT2D eigenvalue weighted by molar-refractivity contribution is 9.10. The SMILES string of the molecule is CC(=O)N1c2ccc(-c3cnn(C4CCN(C)CC4)c3)c(Oc3ccccc3C#N)c2CC[C@@H]1C.CC(=O)N1c2ccc(Br)c(Oc3ccccc3C#N)c2CC[C@@H]1C.CN1CCC(n2cc(B3OC(C)(C)C(C)(C)O3)cn2)CC1. The Morgan fingerprint density at radius 1 is 0.637 bits per heavy atom. The molecule has 0 saturated carbocycles. The summed E-state index contributed by atoms with van der Waals surface area (Å²) in [6.45, 7) is 20.0. The third-order valence-corrected chi connectivity index (χ3v) is 17.4. The number of nitrogens with zero attached hydrogens (tertiary/aromatic N) is 10. The van der Waals surface area contributed by atoms with Gasteiger partial charge in [-0.15, -0.1) is 0 Å². The summed E-state index contributed by atoms with van der Waals surface area (Å²) in [6, 6.07) is 27.8. The zero-order chi connectivity index (χ0) is 57.0. The van der Waals surface area contributed by atoms with E-state index in [9.17, 15) is 20.1 Å². The van der Waals surface area contributed by atoms with Crippen molar-refractivity contribution >= 4 is 51.7 Å². The molecule has 18 heteroatoms. The first-order valence-corrected chi connectivity index (χ1v) is 28.8. The number of likely N-dealkylation sites (tertiary alicyclic amines) is 2. The van der Waals surface area contributed by atoms with Crippen molar-refractivity contribution in [1.29, 1.82) is 10.5 Å². The quantitative estimate of drug-likeness (QED) is 0.133. The van der Waals surface area contributed by atoms with Gasteiger partial charge in [-0.3, -0.25) is 19.0 Å². The largest absolute Gasteiger partial charge is 0.498 e. The molecule has 4 aromatic carbocycles. The van der Waals surface area contributed by atoms with Crippen molar-refractivity contribution in [2.24, 2.45) is 0 Å². The van der Waals surface area contributed by atoms with Gasteiger partial charge in [-0.1, -0.05) is 24.3 Å². The number of hydrogen-bond acceptors (Lipinski definition) is 12. The number of para-hydroxylation sites is 2. The van der Waals surface area contributed by atoms with Crippen molar-refractivity contribution in [3.8, 4) is 46.3 Å². The van der Waals surface area contributed by atoms with E-state index in [1.165, 1.54) is 0 Å². The van der Waals surface area contributed by atoms with Gasteiger partial charge in [-0.2, -0.15) is 20.7 Å². The molecule has 80 heavy (non-hydrogen) atoms. The first-order chi connectivity index (χ1) is 38.3. The molecule has 16 nitrogen and oxygen atoms in total. The molecule has 6 aromatic rings. The van der Waals surface area contributed by atoms with E-state index in [0.717, 1.165) is 121 Å². The molecular weight excluding hydrogens is 1070 g/mol.